The fraction of sp³-hybridized carbons (Fsp3) is 0.310. The van der Waals surface area contributed by atoms with Gasteiger partial charge in [0, 0.05) is 30.1 Å². The van der Waals surface area contributed by atoms with Crippen LogP contribution in [0.25, 0.3) is 11.0 Å². The van der Waals surface area contributed by atoms with Gasteiger partial charge in [0.1, 0.15) is 11.6 Å². The van der Waals surface area contributed by atoms with Crippen molar-refractivity contribution in [2.75, 3.05) is 13.2 Å². The third-order valence-corrected chi connectivity index (χ3v) is 6.21. The summed E-state index contributed by atoms with van der Waals surface area (Å²) >= 11 is 5.97. The highest BCUT2D eigenvalue weighted by Gasteiger charge is 2.10. The fourth-order valence-corrected chi connectivity index (χ4v) is 4.35. The average Bonchev–Trinajstić information content (AvgIpc) is 3.23. The van der Waals surface area contributed by atoms with Crippen molar-refractivity contribution in [3.05, 3.63) is 95.3 Å². The van der Waals surface area contributed by atoms with Crippen LogP contribution in [0, 0.1) is 0 Å². The third kappa shape index (κ3) is 7.33. The summed E-state index contributed by atoms with van der Waals surface area (Å²) in [6.07, 6.45) is 5.96. The van der Waals surface area contributed by atoms with E-state index in [1.54, 1.807) is 24.3 Å². The van der Waals surface area contributed by atoms with Gasteiger partial charge in [0.2, 0.25) is 0 Å². The molecule has 0 radical (unpaired) electrons. The molecule has 1 amide bonds. The number of hydrogen-bond acceptors (Lipinski definition) is 3. The number of nitrogens with one attached hydrogen (secondary N) is 1. The van der Waals surface area contributed by atoms with E-state index >= 15 is 0 Å². The number of halogens is 1. The van der Waals surface area contributed by atoms with Crippen molar-refractivity contribution in [3.63, 3.8) is 0 Å². The van der Waals surface area contributed by atoms with Crippen molar-refractivity contribution >= 4 is 28.5 Å². The van der Waals surface area contributed by atoms with Crippen LogP contribution in [-0.4, -0.2) is 28.6 Å². The first-order valence-corrected chi connectivity index (χ1v) is 12.7. The molecule has 0 aliphatic heterocycles. The summed E-state index contributed by atoms with van der Waals surface area (Å²) < 4.78 is 8.19. The molecule has 0 saturated heterocycles. The number of carbonyl (C=O) groups is 1. The number of para-hydroxylation sites is 3. The van der Waals surface area contributed by atoms with Gasteiger partial charge in [-0.1, -0.05) is 54.4 Å². The number of benzene rings is 3. The van der Waals surface area contributed by atoms with E-state index in [-0.39, 0.29) is 5.91 Å². The van der Waals surface area contributed by atoms with E-state index in [0.29, 0.717) is 23.7 Å². The van der Waals surface area contributed by atoms with Crippen molar-refractivity contribution < 1.29 is 9.53 Å². The number of nitrogens with zero attached hydrogens (tertiary/aromatic N) is 2. The summed E-state index contributed by atoms with van der Waals surface area (Å²) in [5.41, 5.74) is 2.84. The number of amides is 1. The van der Waals surface area contributed by atoms with Gasteiger partial charge in [-0.15, -0.1) is 0 Å². The minimum Gasteiger partial charge on any atom is -0.494 e. The van der Waals surface area contributed by atoms with Gasteiger partial charge in [0.05, 0.1) is 17.6 Å². The maximum Gasteiger partial charge on any atom is 0.251 e. The quantitative estimate of drug-likeness (QED) is 0.213. The molecule has 35 heavy (non-hydrogen) atoms. The van der Waals surface area contributed by atoms with Gasteiger partial charge in [0.25, 0.3) is 5.91 Å². The number of carbonyl (C=O) groups excluding carboxylic acids is 1. The molecule has 1 N–H and O–H groups in total. The van der Waals surface area contributed by atoms with Gasteiger partial charge in [-0.3, -0.25) is 4.79 Å². The van der Waals surface area contributed by atoms with Crippen LogP contribution in [0.3, 0.4) is 0 Å². The minimum atomic E-state index is -0.0782. The van der Waals surface area contributed by atoms with E-state index in [0.717, 1.165) is 62.2 Å². The Bertz CT molecular complexity index is 1220. The van der Waals surface area contributed by atoms with Crippen molar-refractivity contribution in [1.29, 1.82) is 0 Å². The molecular weight excluding hydrogens is 458 g/mol. The summed E-state index contributed by atoms with van der Waals surface area (Å²) in [7, 11) is 0. The molecule has 4 aromatic rings. The molecule has 182 valence electrons. The average molecular weight is 490 g/mol. The number of aromatic nitrogens is 2. The van der Waals surface area contributed by atoms with E-state index in [9.17, 15) is 4.79 Å². The first-order valence-electron chi connectivity index (χ1n) is 12.4. The number of imidazole rings is 1. The first kappa shape index (κ1) is 24.8. The highest BCUT2D eigenvalue weighted by molar-refractivity contribution is 6.30. The molecule has 1 heterocycles. The van der Waals surface area contributed by atoms with Crippen LogP contribution in [0.15, 0.2) is 78.9 Å². The van der Waals surface area contributed by atoms with Crippen molar-refractivity contribution in [2.45, 2.75) is 45.1 Å². The molecular formula is C29H32ClN3O2. The second-order valence-electron chi connectivity index (χ2n) is 8.61. The molecule has 3 aromatic carbocycles. The molecule has 6 heteroatoms. The van der Waals surface area contributed by atoms with Crippen molar-refractivity contribution in [2.24, 2.45) is 0 Å². The zero-order valence-electron chi connectivity index (χ0n) is 20.0. The van der Waals surface area contributed by atoms with Gasteiger partial charge in [0.15, 0.2) is 0 Å². The molecule has 0 bridgehead atoms. The fourth-order valence-electron chi connectivity index (χ4n) is 4.16. The third-order valence-electron chi connectivity index (χ3n) is 5.97. The number of unbranched alkanes of at least 4 members (excludes halogenated alkanes) is 3. The molecule has 0 saturated carbocycles. The number of hydrogen-bond donors (Lipinski definition) is 1. The van der Waals surface area contributed by atoms with Crippen LogP contribution < -0.4 is 10.1 Å². The Morgan fingerprint density at radius 1 is 0.886 bits per heavy atom. The maximum atomic E-state index is 12.2. The molecule has 0 atom stereocenters. The molecule has 0 unspecified atom stereocenters. The second-order valence-corrected chi connectivity index (χ2v) is 9.05. The lowest BCUT2D eigenvalue weighted by Crippen LogP contribution is -2.24. The highest BCUT2D eigenvalue weighted by Crippen LogP contribution is 2.19. The summed E-state index contributed by atoms with van der Waals surface area (Å²) in [6, 6.07) is 25.3. The minimum absolute atomic E-state index is 0.0782. The second kappa shape index (κ2) is 13.0. The summed E-state index contributed by atoms with van der Waals surface area (Å²) in [5.74, 6) is 1.98. The molecule has 0 spiro atoms. The SMILES string of the molecule is O=C(NCCCCCc1nc2ccccc2n1CCCCOc1ccccc1)c1cccc(Cl)c1. The summed E-state index contributed by atoms with van der Waals surface area (Å²) in [6.45, 7) is 2.31. The van der Waals surface area contributed by atoms with Crippen LogP contribution in [0.2, 0.25) is 5.02 Å². The van der Waals surface area contributed by atoms with Crippen molar-refractivity contribution in [1.82, 2.24) is 14.9 Å². The lowest BCUT2D eigenvalue weighted by molar-refractivity contribution is 0.0953. The lowest BCUT2D eigenvalue weighted by atomic mass is 10.1. The Labute approximate surface area is 212 Å². The smallest absolute Gasteiger partial charge is 0.251 e. The van der Waals surface area contributed by atoms with Crippen molar-refractivity contribution in [3.8, 4) is 5.75 Å². The molecule has 4 rings (SSSR count). The van der Waals surface area contributed by atoms with E-state index in [1.165, 1.54) is 5.52 Å². The Hall–Kier alpha value is -3.31. The topological polar surface area (TPSA) is 56.2 Å². The van der Waals surface area contributed by atoms with Crippen LogP contribution in [0.5, 0.6) is 5.75 Å². The van der Waals surface area contributed by atoms with E-state index in [2.05, 4.69) is 28.1 Å². The van der Waals surface area contributed by atoms with Gasteiger partial charge < -0.3 is 14.6 Å². The Morgan fingerprint density at radius 2 is 1.71 bits per heavy atom. The summed E-state index contributed by atoms with van der Waals surface area (Å²) in [5, 5.41) is 3.55. The predicted octanol–water partition coefficient (Wildman–Crippen LogP) is 6.69. The van der Waals surface area contributed by atoms with Gasteiger partial charge in [-0.05, 0) is 68.1 Å². The van der Waals surface area contributed by atoms with Gasteiger partial charge in [-0.25, -0.2) is 4.98 Å². The van der Waals surface area contributed by atoms with Crippen LogP contribution in [0.4, 0.5) is 0 Å². The number of aryl methyl sites for hydroxylation is 2. The standard InChI is InChI=1S/C29H32ClN3O2/c30-24-13-11-12-23(22-24)29(34)31-19-8-2-5-18-28-32-26-16-6-7-17-27(26)33(28)20-9-10-21-35-25-14-3-1-4-15-25/h1,3-4,6-7,11-17,22H,2,5,8-10,18-21H2,(H,31,34). The number of rotatable bonds is 13. The monoisotopic (exact) mass is 489 g/mol. The zero-order valence-corrected chi connectivity index (χ0v) is 20.7. The Kier molecular flexibility index (Phi) is 9.18. The first-order chi connectivity index (χ1) is 17.2. The molecule has 0 aliphatic carbocycles. The predicted molar refractivity (Wildman–Crippen MR) is 142 cm³/mol. The molecule has 1 aromatic heterocycles. The molecule has 0 aliphatic rings. The number of fused-ring (bicyclic) bond motifs is 1. The highest BCUT2D eigenvalue weighted by atomic mass is 35.5. The van der Waals surface area contributed by atoms with Gasteiger partial charge in [-0.2, -0.15) is 0 Å². The number of ether oxygens (including phenoxy) is 1. The normalized spacial score (nSPS) is 11.0. The largest absolute Gasteiger partial charge is 0.494 e. The zero-order chi connectivity index (χ0) is 24.3. The van der Waals surface area contributed by atoms with Crippen LogP contribution >= 0.6 is 11.6 Å². The van der Waals surface area contributed by atoms with E-state index in [4.69, 9.17) is 21.3 Å². The van der Waals surface area contributed by atoms with Crippen LogP contribution in [0.1, 0.15) is 48.3 Å². The van der Waals surface area contributed by atoms with Gasteiger partial charge >= 0.3 is 0 Å². The molecule has 0 fully saturated rings. The summed E-state index contributed by atoms with van der Waals surface area (Å²) in [4.78, 5) is 17.1. The molecule has 5 nitrogen and oxygen atoms in total. The maximum absolute atomic E-state index is 12.2. The van der Waals surface area contributed by atoms with Crippen LogP contribution in [-0.2, 0) is 13.0 Å². The Morgan fingerprint density at radius 3 is 2.57 bits per heavy atom. The van der Waals surface area contributed by atoms with E-state index in [1.807, 2.05) is 36.4 Å². The Balaban J connectivity index is 1.21. The van der Waals surface area contributed by atoms with E-state index < -0.39 is 0 Å². The lowest BCUT2D eigenvalue weighted by Gasteiger charge is -2.10.